The molecule has 193 valence electrons. The fourth-order valence-electron chi connectivity index (χ4n) is 4.80. The van der Waals surface area contributed by atoms with Gasteiger partial charge in [0.1, 0.15) is 29.1 Å². The van der Waals surface area contributed by atoms with Crippen molar-refractivity contribution in [3.05, 3.63) is 113 Å². The Bertz CT molecular complexity index is 1490. The van der Waals surface area contributed by atoms with Crippen LogP contribution >= 0.6 is 0 Å². The summed E-state index contributed by atoms with van der Waals surface area (Å²) in [6.45, 7) is 0. The van der Waals surface area contributed by atoms with Crippen molar-refractivity contribution >= 4 is 5.78 Å². The van der Waals surface area contributed by atoms with Gasteiger partial charge < -0.3 is 34.6 Å². The summed E-state index contributed by atoms with van der Waals surface area (Å²) in [6, 6.07) is 12.3. The van der Waals surface area contributed by atoms with Crippen molar-refractivity contribution in [2.75, 3.05) is 14.2 Å². The second-order valence-electron chi connectivity index (χ2n) is 8.92. The molecular formula is C30H25O8. The topological polar surface area (TPSA) is 126 Å². The van der Waals surface area contributed by atoms with E-state index in [2.05, 4.69) is 0 Å². The lowest BCUT2D eigenvalue weighted by atomic mass is 9.82. The average molecular weight is 514 g/mol. The van der Waals surface area contributed by atoms with E-state index in [9.17, 15) is 25.2 Å². The molecule has 0 saturated heterocycles. The third-order valence-electron chi connectivity index (χ3n) is 6.49. The molecule has 1 aliphatic heterocycles. The van der Waals surface area contributed by atoms with Crippen LogP contribution in [0.3, 0.4) is 0 Å². The van der Waals surface area contributed by atoms with Crippen LogP contribution in [-0.2, 0) is 9.53 Å². The fourth-order valence-corrected chi connectivity index (χ4v) is 4.80. The molecular weight excluding hydrogens is 488 g/mol. The maximum atomic E-state index is 11.9. The van der Waals surface area contributed by atoms with E-state index in [4.69, 9.17) is 14.2 Å². The number of benzene rings is 3. The van der Waals surface area contributed by atoms with Crippen LogP contribution in [0.25, 0.3) is 0 Å². The first kappa shape index (κ1) is 24.8. The summed E-state index contributed by atoms with van der Waals surface area (Å²) in [4.78, 5) is 11.9. The summed E-state index contributed by atoms with van der Waals surface area (Å²) in [6.07, 6.45) is 7.63. The molecule has 0 spiro atoms. The molecule has 2 unspecified atom stereocenters. The lowest BCUT2D eigenvalue weighted by Crippen LogP contribution is -2.12. The van der Waals surface area contributed by atoms with Crippen LogP contribution < -0.4 is 9.47 Å². The molecule has 1 aliphatic carbocycles. The smallest absolute Gasteiger partial charge is 0.220 e. The minimum atomic E-state index is -0.644. The van der Waals surface area contributed by atoms with Crippen molar-refractivity contribution in [1.29, 1.82) is 0 Å². The van der Waals surface area contributed by atoms with Gasteiger partial charge in [0, 0.05) is 24.1 Å². The lowest BCUT2D eigenvalue weighted by Gasteiger charge is -2.22. The third kappa shape index (κ3) is 4.64. The van der Waals surface area contributed by atoms with E-state index in [1.165, 1.54) is 38.5 Å². The van der Waals surface area contributed by atoms with Crippen LogP contribution in [0.15, 0.2) is 84.2 Å². The molecule has 0 aromatic heterocycles. The van der Waals surface area contributed by atoms with Gasteiger partial charge in [-0.05, 0) is 64.7 Å². The van der Waals surface area contributed by atoms with Gasteiger partial charge in [0.25, 0.3) is 0 Å². The van der Waals surface area contributed by atoms with E-state index >= 15 is 0 Å². The predicted molar refractivity (Wildman–Crippen MR) is 138 cm³/mol. The van der Waals surface area contributed by atoms with E-state index in [0.29, 0.717) is 33.6 Å². The highest BCUT2D eigenvalue weighted by molar-refractivity contribution is 6.04. The summed E-state index contributed by atoms with van der Waals surface area (Å²) in [5, 5.41) is 41.2. The van der Waals surface area contributed by atoms with Crippen LogP contribution in [0.4, 0.5) is 0 Å². The number of rotatable bonds is 6. The predicted octanol–water partition coefficient (Wildman–Crippen LogP) is 4.93. The number of carbonyl (C=O) groups excluding carboxylic acids is 1. The molecule has 1 heterocycles. The van der Waals surface area contributed by atoms with E-state index in [1.54, 1.807) is 55.0 Å². The zero-order valence-electron chi connectivity index (χ0n) is 20.6. The Morgan fingerprint density at radius 2 is 1.58 bits per heavy atom. The van der Waals surface area contributed by atoms with Gasteiger partial charge in [-0.2, -0.15) is 0 Å². The summed E-state index contributed by atoms with van der Waals surface area (Å²) >= 11 is 0. The molecule has 3 aromatic carbocycles. The Kier molecular flexibility index (Phi) is 6.46. The molecule has 0 amide bonds. The zero-order valence-corrected chi connectivity index (χ0v) is 20.6. The maximum absolute atomic E-state index is 11.9. The fraction of sp³-hybridized carbons (Fsp3) is 0.133. The van der Waals surface area contributed by atoms with E-state index in [0.717, 1.165) is 0 Å². The zero-order chi connectivity index (χ0) is 27.0. The molecule has 2 atom stereocenters. The summed E-state index contributed by atoms with van der Waals surface area (Å²) in [7, 11) is 2.88. The second-order valence-corrected chi connectivity index (χ2v) is 8.92. The van der Waals surface area contributed by atoms with Crippen LogP contribution in [-0.4, -0.2) is 40.4 Å². The number of ether oxygens (including phenoxy) is 3. The first-order chi connectivity index (χ1) is 18.3. The van der Waals surface area contributed by atoms with Crippen molar-refractivity contribution in [2.24, 2.45) is 0 Å². The third-order valence-corrected chi connectivity index (χ3v) is 6.49. The van der Waals surface area contributed by atoms with Gasteiger partial charge in [-0.3, -0.25) is 4.79 Å². The summed E-state index contributed by atoms with van der Waals surface area (Å²) < 4.78 is 16.8. The minimum absolute atomic E-state index is 0.0164. The maximum Gasteiger partial charge on any atom is 0.220 e. The highest BCUT2D eigenvalue weighted by atomic mass is 16.5. The molecule has 38 heavy (non-hydrogen) atoms. The molecule has 3 aromatic rings. The van der Waals surface area contributed by atoms with Gasteiger partial charge in [-0.25, -0.2) is 0 Å². The molecule has 0 fully saturated rings. The van der Waals surface area contributed by atoms with Gasteiger partial charge in [0.15, 0.2) is 17.3 Å². The highest BCUT2D eigenvalue weighted by Gasteiger charge is 2.39. The van der Waals surface area contributed by atoms with Crippen LogP contribution in [0.5, 0.6) is 34.5 Å². The van der Waals surface area contributed by atoms with Crippen molar-refractivity contribution < 1.29 is 39.4 Å². The Morgan fingerprint density at radius 3 is 2.29 bits per heavy atom. The first-order valence-electron chi connectivity index (χ1n) is 11.7. The summed E-state index contributed by atoms with van der Waals surface area (Å²) in [5.41, 5.74) is 3.31. The van der Waals surface area contributed by atoms with Crippen LogP contribution in [0.1, 0.15) is 34.3 Å². The number of phenolic OH excluding ortho intramolecular Hbond substituents is 4. The normalized spacial score (nSPS) is 19.2. The monoisotopic (exact) mass is 513 g/mol. The number of phenols is 4. The minimum Gasteiger partial charge on any atom is -0.508 e. The molecule has 0 bridgehead atoms. The molecule has 0 saturated carbocycles. The Balaban J connectivity index is 1.64. The molecule has 8 heteroatoms. The van der Waals surface area contributed by atoms with Crippen LogP contribution in [0, 0.1) is 6.42 Å². The van der Waals surface area contributed by atoms with Gasteiger partial charge in [-0.15, -0.1) is 0 Å². The SMILES string of the molecule is COC1=C/C(=C\[CH]c2cc(O)cc3c2C(c2cc(O)cc(O)c2)C(c2ccc(O)c(OC)c2)O3)C=CC1=O. The summed E-state index contributed by atoms with van der Waals surface area (Å²) in [5.74, 6) is -0.126. The van der Waals surface area contributed by atoms with Crippen molar-refractivity contribution in [2.45, 2.75) is 12.0 Å². The number of allylic oxidation sites excluding steroid dienone is 5. The number of methoxy groups -OCH3 is 2. The quantitative estimate of drug-likeness (QED) is 0.366. The number of carbonyl (C=O) groups is 1. The second kappa shape index (κ2) is 9.89. The molecule has 5 rings (SSSR count). The van der Waals surface area contributed by atoms with Gasteiger partial charge in [0.05, 0.1) is 20.1 Å². The Morgan fingerprint density at radius 1 is 0.842 bits per heavy atom. The average Bonchev–Trinajstić information content (AvgIpc) is 3.27. The molecule has 1 radical (unpaired) electrons. The van der Waals surface area contributed by atoms with Gasteiger partial charge in [-0.1, -0.05) is 18.2 Å². The van der Waals surface area contributed by atoms with Crippen molar-refractivity contribution in [3.8, 4) is 34.5 Å². The van der Waals surface area contributed by atoms with Gasteiger partial charge in [0.2, 0.25) is 5.78 Å². The highest BCUT2D eigenvalue weighted by Crippen LogP contribution is 2.53. The number of fused-ring (bicyclic) bond motifs is 1. The van der Waals surface area contributed by atoms with Gasteiger partial charge >= 0.3 is 0 Å². The number of aromatic hydroxyl groups is 4. The Labute approximate surface area is 219 Å². The lowest BCUT2D eigenvalue weighted by molar-refractivity contribution is -0.114. The number of hydrogen-bond donors (Lipinski definition) is 4. The number of hydrogen-bond acceptors (Lipinski definition) is 8. The molecule has 2 aliphatic rings. The van der Waals surface area contributed by atoms with E-state index in [-0.39, 0.29) is 40.3 Å². The number of ketones is 1. The Hall–Kier alpha value is -4.85. The standard InChI is InChI=1S/C30H25O8/c1-36-25-9-16(4-7-23(25)34)3-5-17-10-22(33)15-27-28(17)29(19-11-20(31)14-21(32)12-19)30(38-27)18-6-8-24(35)26(13-18)37-2/h3-15,29-33,35H,1-2H3/b16-3-. The van der Waals surface area contributed by atoms with E-state index in [1.807, 2.05) is 0 Å². The molecule has 8 nitrogen and oxygen atoms in total. The first-order valence-corrected chi connectivity index (χ1v) is 11.7. The molecule has 4 N–H and O–H groups in total. The van der Waals surface area contributed by atoms with Crippen LogP contribution in [0.2, 0.25) is 0 Å². The van der Waals surface area contributed by atoms with Crippen molar-refractivity contribution in [3.63, 3.8) is 0 Å². The van der Waals surface area contributed by atoms with Crippen molar-refractivity contribution in [1.82, 2.24) is 0 Å². The van der Waals surface area contributed by atoms with E-state index < -0.39 is 12.0 Å². The largest absolute Gasteiger partial charge is 0.508 e.